The van der Waals surface area contributed by atoms with Crippen molar-refractivity contribution in [3.8, 4) is 11.1 Å². The van der Waals surface area contributed by atoms with Crippen LogP contribution in [0.15, 0.2) is 24.4 Å². The van der Waals surface area contributed by atoms with Gasteiger partial charge in [-0.05, 0) is 36.6 Å². The number of aromatic nitrogens is 2. The van der Waals surface area contributed by atoms with E-state index in [2.05, 4.69) is 12.0 Å². The Morgan fingerprint density at radius 2 is 2.11 bits per heavy atom. The number of benzene rings is 1. The number of rotatable bonds is 4. The molecular weight excluding hydrogens is 229 g/mol. The van der Waals surface area contributed by atoms with Crippen molar-refractivity contribution >= 4 is 0 Å². The molecule has 0 fully saturated rings. The quantitative estimate of drug-likeness (QED) is 0.902. The van der Waals surface area contributed by atoms with E-state index in [9.17, 15) is 4.39 Å². The molecule has 0 aliphatic rings. The standard InChI is InChI=1S/C14H18FN3/c1-3-6-18-9-14(10(2)17-18)13-7-12(15)5-4-11(13)8-16/h4-5,7,9H,3,6,8,16H2,1-2H3. The van der Waals surface area contributed by atoms with Gasteiger partial charge < -0.3 is 5.73 Å². The summed E-state index contributed by atoms with van der Waals surface area (Å²) in [5.74, 6) is -0.246. The first-order valence-corrected chi connectivity index (χ1v) is 6.18. The van der Waals surface area contributed by atoms with Crippen molar-refractivity contribution in [1.29, 1.82) is 0 Å². The molecule has 3 nitrogen and oxygen atoms in total. The number of hydrogen-bond acceptors (Lipinski definition) is 2. The van der Waals surface area contributed by atoms with E-state index in [1.165, 1.54) is 12.1 Å². The van der Waals surface area contributed by atoms with Gasteiger partial charge in [-0.3, -0.25) is 4.68 Å². The monoisotopic (exact) mass is 247 g/mol. The Bertz CT molecular complexity index is 546. The number of halogens is 1. The topological polar surface area (TPSA) is 43.8 Å². The van der Waals surface area contributed by atoms with E-state index in [-0.39, 0.29) is 5.82 Å². The number of nitrogens with zero attached hydrogens (tertiary/aromatic N) is 2. The van der Waals surface area contributed by atoms with E-state index in [0.29, 0.717) is 6.54 Å². The summed E-state index contributed by atoms with van der Waals surface area (Å²) >= 11 is 0. The molecular formula is C14H18FN3. The Morgan fingerprint density at radius 3 is 2.78 bits per heavy atom. The lowest BCUT2D eigenvalue weighted by molar-refractivity contribution is 0.598. The third kappa shape index (κ3) is 2.43. The first-order chi connectivity index (χ1) is 8.65. The third-order valence-corrected chi connectivity index (χ3v) is 2.98. The molecule has 2 aromatic rings. The minimum absolute atomic E-state index is 0.246. The fourth-order valence-corrected chi connectivity index (χ4v) is 2.10. The summed E-state index contributed by atoms with van der Waals surface area (Å²) in [6.07, 6.45) is 2.99. The van der Waals surface area contributed by atoms with Crippen LogP contribution in [-0.4, -0.2) is 9.78 Å². The number of nitrogens with two attached hydrogens (primary N) is 1. The van der Waals surface area contributed by atoms with Crippen molar-refractivity contribution < 1.29 is 4.39 Å². The molecule has 1 aromatic carbocycles. The summed E-state index contributed by atoms with van der Waals surface area (Å²) in [4.78, 5) is 0. The molecule has 0 aliphatic heterocycles. The summed E-state index contributed by atoms with van der Waals surface area (Å²) < 4.78 is 15.3. The maximum atomic E-state index is 13.4. The molecule has 0 saturated carbocycles. The average Bonchev–Trinajstić information content (AvgIpc) is 2.70. The van der Waals surface area contributed by atoms with Crippen molar-refractivity contribution in [3.63, 3.8) is 0 Å². The molecule has 2 N–H and O–H groups in total. The highest BCUT2D eigenvalue weighted by molar-refractivity contribution is 5.68. The lowest BCUT2D eigenvalue weighted by Crippen LogP contribution is -1.99. The first kappa shape index (κ1) is 12.8. The zero-order valence-corrected chi connectivity index (χ0v) is 10.8. The maximum absolute atomic E-state index is 13.4. The molecule has 0 radical (unpaired) electrons. The number of hydrogen-bond donors (Lipinski definition) is 1. The largest absolute Gasteiger partial charge is 0.326 e. The van der Waals surface area contributed by atoms with Crippen molar-refractivity contribution in [1.82, 2.24) is 9.78 Å². The van der Waals surface area contributed by atoms with Crippen molar-refractivity contribution in [2.75, 3.05) is 0 Å². The van der Waals surface area contributed by atoms with Gasteiger partial charge in [0.15, 0.2) is 0 Å². The smallest absolute Gasteiger partial charge is 0.123 e. The highest BCUT2D eigenvalue weighted by Gasteiger charge is 2.11. The van der Waals surface area contributed by atoms with Gasteiger partial charge in [0.25, 0.3) is 0 Å². The average molecular weight is 247 g/mol. The van der Waals surface area contributed by atoms with E-state index in [0.717, 1.165) is 35.3 Å². The molecule has 0 aliphatic carbocycles. The first-order valence-electron chi connectivity index (χ1n) is 6.18. The van der Waals surface area contributed by atoms with Crippen LogP contribution in [0.25, 0.3) is 11.1 Å². The van der Waals surface area contributed by atoms with Crippen LogP contribution in [-0.2, 0) is 13.1 Å². The third-order valence-electron chi connectivity index (χ3n) is 2.98. The maximum Gasteiger partial charge on any atom is 0.123 e. The summed E-state index contributed by atoms with van der Waals surface area (Å²) in [6, 6.07) is 4.71. The second-order valence-corrected chi connectivity index (χ2v) is 4.40. The molecule has 2 rings (SSSR count). The Morgan fingerprint density at radius 1 is 1.33 bits per heavy atom. The predicted molar refractivity (Wildman–Crippen MR) is 70.5 cm³/mol. The van der Waals surface area contributed by atoms with Crippen LogP contribution in [0.2, 0.25) is 0 Å². The van der Waals surface area contributed by atoms with Crippen molar-refractivity contribution in [2.24, 2.45) is 5.73 Å². The van der Waals surface area contributed by atoms with E-state index in [1.807, 2.05) is 17.8 Å². The van der Waals surface area contributed by atoms with E-state index in [4.69, 9.17) is 5.73 Å². The van der Waals surface area contributed by atoms with Gasteiger partial charge in [-0.2, -0.15) is 5.10 Å². The van der Waals surface area contributed by atoms with Gasteiger partial charge in [-0.1, -0.05) is 13.0 Å². The predicted octanol–water partition coefficient (Wildman–Crippen LogP) is 2.87. The van der Waals surface area contributed by atoms with Gasteiger partial charge in [-0.15, -0.1) is 0 Å². The SMILES string of the molecule is CCCn1cc(-c2cc(F)ccc2CN)c(C)n1. The highest BCUT2D eigenvalue weighted by atomic mass is 19.1. The number of aryl methyl sites for hydroxylation is 2. The molecule has 0 saturated heterocycles. The molecule has 0 atom stereocenters. The van der Waals surface area contributed by atoms with Crippen LogP contribution in [0.5, 0.6) is 0 Å². The van der Waals surface area contributed by atoms with Crippen LogP contribution in [0, 0.1) is 12.7 Å². The summed E-state index contributed by atoms with van der Waals surface area (Å²) in [7, 11) is 0. The van der Waals surface area contributed by atoms with Gasteiger partial charge in [0, 0.05) is 24.8 Å². The minimum atomic E-state index is -0.246. The van der Waals surface area contributed by atoms with Crippen LogP contribution >= 0.6 is 0 Å². The van der Waals surface area contributed by atoms with Crippen molar-refractivity contribution in [2.45, 2.75) is 33.4 Å². The Kier molecular flexibility index (Phi) is 3.77. The Balaban J connectivity index is 2.50. The molecule has 0 bridgehead atoms. The highest BCUT2D eigenvalue weighted by Crippen LogP contribution is 2.27. The lowest BCUT2D eigenvalue weighted by Gasteiger charge is -2.06. The molecule has 4 heteroatoms. The Labute approximate surface area is 106 Å². The van der Waals surface area contributed by atoms with E-state index < -0.39 is 0 Å². The fraction of sp³-hybridized carbons (Fsp3) is 0.357. The van der Waals surface area contributed by atoms with Crippen LogP contribution in [0.4, 0.5) is 4.39 Å². The van der Waals surface area contributed by atoms with Gasteiger partial charge in [-0.25, -0.2) is 4.39 Å². The van der Waals surface area contributed by atoms with Gasteiger partial charge in [0.1, 0.15) is 5.82 Å². The molecule has 1 heterocycles. The lowest BCUT2D eigenvalue weighted by atomic mass is 10.0. The second-order valence-electron chi connectivity index (χ2n) is 4.40. The van der Waals surface area contributed by atoms with E-state index >= 15 is 0 Å². The van der Waals surface area contributed by atoms with Crippen LogP contribution < -0.4 is 5.73 Å². The van der Waals surface area contributed by atoms with Crippen LogP contribution in [0.3, 0.4) is 0 Å². The zero-order chi connectivity index (χ0) is 13.1. The second kappa shape index (κ2) is 5.31. The summed E-state index contributed by atoms with van der Waals surface area (Å²) in [6.45, 7) is 5.30. The van der Waals surface area contributed by atoms with Crippen molar-refractivity contribution in [3.05, 3.63) is 41.5 Å². The molecule has 18 heavy (non-hydrogen) atoms. The summed E-state index contributed by atoms with van der Waals surface area (Å²) in [5.41, 5.74) is 9.36. The molecule has 0 unspecified atom stereocenters. The fourth-order valence-electron chi connectivity index (χ4n) is 2.10. The normalized spacial score (nSPS) is 10.9. The minimum Gasteiger partial charge on any atom is -0.326 e. The van der Waals surface area contributed by atoms with Gasteiger partial charge in [0.2, 0.25) is 0 Å². The van der Waals surface area contributed by atoms with Gasteiger partial charge in [0.05, 0.1) is 5.69 Å². The van der Waals surface area contributed by atoms with E-state index in [1.54, 1.807) is 6.07 Å². The van der Waals surface area contributed by atoms with Gasteiger partial charge >= 0.3 is 0 Å². The molecule has 1 aromatic heterocycles. The molecule has 0 amide bonds. The van der Waals surface area contributed by atoms with Crippen LogP contribution in [0.1, 0.15) is 24.6 Å². The molecule has 96 valence electrons. The zero-order valence-electron chi connectivity index (χ0n) is 10.8. The summed E-state index contributed by atoms with van der Waals surface area (Å²) in [5, 5.41) is 4.44. The molecule has 0 spiro atoms. The Hall–Kier alpha value is -1.68.